The van der Waals surface area contributed by atoms with Gasteiger partial charge in [-0.25, -0.2) is 0 Å². The number of carbonyl (C=O) groups excluding carboxylic acids is 2. The van der Waals surface area contributed by atoms with Gasteiger partial charge in [0, 0.05) is 72.3 Å². The SMILES string of the molecule is COCCOCCN(C)CCC(=O)N1CCN(C(=O)CCN(C)CCO)CC1. The molecule has 9 heteroatoms. The summed E-state index contributed by atoms with van der Waals surface area (Å²) < 4.78 is 10.4. The molecule has 1 saturated heterocycles. The van der Waals surface area contributed by atoms with E-state index in [0.717, 1.165) is 6.54 Å². The van der Waals surface area contributed by atoms with E-state index >= 15 is 0 Å². The van der Waals surface area contributed by atoms with Crippen molar-refractivity contribution in [3.8, 4) is 0 Å². The van der Waals surface area contributed by atoms with Crippen LogP contribution in [0.4, 0.5) is 0 Å². The van der Waals surface area contributed by atoms with Gasteiger partial charge in [0.15, 0.2) is 0 Å². The van der Waals surface area contributed by atoms with Crippen LogP contribution in [0.1, 0.15) is 12.8 Å². The molecule has 1 rings (SSSR count). The first-order valence-corrected chi connectivity index (χ1v) is 10.1. The van der Waals surface area contributed by atoms with Crippen molar-refractivity contribution in [1.82, 2.24) is 19.6 Å². The molecule has 1 aliphatic heterocycles. The van der Waals surface area contributed by atoms with Gasteiger partial charge in [-0.3, -0.25) is 9.59 Å². The Hall–Kier alpha value is -1.26. The molecule has 2 amide bonds. The van der Waals surface area contributed by atoms with Crippen LogP contribution in [-0.2, 0) is 19.1 Å². The summed E-state index contributed by atoms with van der Waals surface area (Å²) in [7, 11) is 5.52. The molecule has 0 saturated carbocycles. The van der Waals surface area contributed by atoms with Crippen LogP contribution in [0.3, 0.4) is 0 Å². The first-order valence-electron chi connectivity index (χ1n) is 10.1. The minimum atomic E-state index is 0.0987. The van der Waals surface area contributed by atoms with Crippen molar-refractivity contribution in [3.05, 3.63) is 0 Å². The number of hydrogen-bond donors (Lipinski definition) is 1. The highest BCUT2D eigenvalue weighted by atomic mass is 16.5. The van der Waals surface area contributed by atoms with Gasteiger partial charge < -0.3 is 34.2 Å². The fraction of sp³-hybridized carbons (Fsp3) is 0.895. The lowest BCUT2D eigenvalue weighted by Gasteiger charge is -2.35. The number of aliphatic hydroxyl groups is 1. The Kier molecular flexibility index (Phi) is 13.0. The van der Waals surface area contributed by atoms with Gasteiger partial charge in [0.1, 0.15) is 0 Å². The van der Waals surface area contributed by atoms with Crippen LogP contribution < -0.4 is 0 Å². The molecule has 1 heterocycles. The molecule has 0 spiro atoms. The van der Waals surface area contributed by atoms with Gasteiger partial charge in [-0.15, -0.1) is 0 Å². The Morgan fingerprint density at radius 3 is 1.79 bits per heavy atom. The quantitative estimate of drug-likeness (QED) is 0.371. The summed E-state index contributed by atoms with van der Waals surface area (Å²) in [6.45, 7) is 6.98. The number of amides is 2. The second-order valence-corrected chi connectivity index (χ2v) is 7.20. The Balaban J connectivity index is 2.17. The molecule has 0 aromatic carbocycles. The van der Waals surface area contributed by atoms with Crippen molar-refractivity contribution in [2.75, 3.05) is 100.0 Å². The normalized spacial score (nSPS) is 14.9. The molecule has 0 unspecified atom stereocenters. The number of carbonyl (C=O) groups is 2. The number of hydrogen-bond acceptors (Lipinski definition) is 7. The van der Waals surface area contributed by atoms with Gasteiger partial charge in [0.25, 0.3) is 0 Å². The van der Waals surface area contributed by atoms with Crippen molar-refractivity contribution in [2.24, 2.45) is 0 Å². The molecule has 0 aromatic rings. The number of rotatable bonds is 14. The molecule has 0 atom stereocenters. The predicted molar refractivity (Wildman–Crippen MR) is 107 cm³/mol. The lowest BCUT2D eigenvalue weighted by molar-refractivity contribution is -0.139. The third-order valence-corrected chi connectivity index (χ3v) is 4.93. The Morgan fingerprint density at radius 2 is 1.32 bits per heavy atom. The number of methoxy groups -OCH3 is 1. The standard InChI is InChI=1S/C19H38N4O5/c1-20(12-14-24)6-4-18(25)22-8-10-23(11-9-22)19(26)5-7-21(2)13-15-28-17-16-27-3/h24H,4-17H2,1-3H3. The monoisotopic (exact) mass is 402 g/mol. The van der Waals surface area contributed by atoms with Crippen molar-refractivity contribution < 1.29 is 24.2 Å². The predicted octanol–water partition coefficient (Wildman–Crippen LogP) is -1.04. The fourth-order valence-electron chi connectivity index (χ4n) is 2.95. The lowest BCUT2D eigenvalue weighted by atomic mass is 10.2. The zero-order valence-corrected chi connectivity index (χ0v) is 17.8. The number of aliphatic hydroxyl groups excluding tert-OH is 1. The van der Waals surface area contributed by atoms with Gasteiger partial charge in [-0.2, -0.15) is 0 Å². The first kappa shape index (κ1) is 24.8. The third-order valence-electron chi connectivity index (χ3n) is 4.93. The van der Waals surface area contributed by atoms with E-state index in [-0.39, 0.29) is 18.4 Å². The summed E-state index contributed by atoms with van der Waals surface area (Å²) in [6.07, 6.45) is 0.927. The van der Waals surface area contributed by atoms with E-state index in [0.29, 0.717) is 78.5 Å². The second kappa shape index (κ2) is 14.7. The average Bonchev–Trinajstić information content (AvgIpc) is 2.70. The van der Waals surface area contributed by atoms with Crippen LogP contribution in [0.25, 0.3) is 0 Å². The summed E-state index contributed by atoms with van der Waals surface area (Å²) in [5.74, 6) is 0.257. The molecule has 0 bridgehead atoms. The van der Waals surface area contributed by atoms with Gasteiger partial charge in [-0.05, 0) is 14.1 Å². The van der Waals surface area contributed by atoms with E-state index in [1.165, 1.54) is 0 Å². The number of nitrogens with zero attached hydrogens (tertiary/aromatic N) is 4. The van der Waals surface area contributed by atoms with Crippen LogP contribution in [0.5, 0.6) is 0 Å². The zero-order valence-electron chi connectivity index (χ0n) is 17.8. The maximum atomic E-state index is 12.4. The Bertz CT molecular complexity index is 444. The largest absolute Gasteiger partial charge is 0.395 e. The van der Waals surface area contributed by atoms with Crippen molar-refractivity contribution >= 4 is 11.8 Å². The van der Waals surface area contributed by atoms with Crippen LogP contribution in [-0.4, -0.2) is 137 Å². The molecule has 0 radical (unpaired) electrons. The van der Waals surface area contributed by atoms with Crippen LogP contribution >= 0.6 is 0 Å². The Morgan fingerprint density at radius 1 is 0.821 bits per heavy atom. The highest BCUT2D eigenvalue weighted by Crippen LogP contribution is 2.06. The number of piperazine rings is 1. The van der Waals surface area contributed by atoms with Gasteiger partial charge in [-0.1, -0.05) is 0 Å². The molecule has 0 aromatic heterocycles. The van der Waals surface area contributed by atoms with Crippen LogP contribution in [0.15, 0.2) is 0 Å². The molecule has 1 N–H and O–H groups in total. The van der Waals surface area contributed by atoms with Gasteiger partial charge in [0.05, 0.1) is 26.4 Å². The minimum Gasteiger partial charge on any atom is -0.395 e. The maximum Gasteiger partial charge on any atom is 0.223 e. The summed E-state index contributed by atoms with van der Waals surface area (Å²) in [4.78, 5) is 32.4. The smallest absolute Gasteiger partial charge is 0.223 e. The van der Waals surface area contributed by atoms with Crippen molar-refractivity contribution in [3.63, 3.8) is 0 Å². The maximum absolute atomic E-state index is 12.4. The van der Waals surface area contributed by atoms with E-state index in [1.807, 2.05) is 28.8 Å². The van der Waals surface area contributed by atoms with Crippen LogP contribution in [0.2, 0.25) is 0 Å². The Labute approximate surface area is 169 Å². The van der Waals surface area contributed by atoms with E-state index in [4.69, 9.17) is 14.6 Å². The van der Waals surface area contributed by atoms with E-state index in [1.54, 1.807) is 7.11 Å². The summed E-state index contributed by atoms with van der Waals surface area (Å²) in [6, 6.07) is 0. The average molecular weight is 403 g/mol. The number of ether oxygens (including phenoxy) is 2. The highest BCUT2D eigenvalue weighted by Gasteiger charge is 2.24. The van der Waals surface area contributed by atoms with Crippen molar-refractivity contribution in [2.45, 2.75) is 12.8 Å². The van der Waals surface area contributed by atoms with E-state index in [2.05, 4.69) is 4.90 Å². The molecule has 0 aliphatic carbocycles. The third kappa shape index (κ3) is 10.3. The fourth-order valence-corrected chi connectivity index (χ4v) is 2.95. The lowest BCUT2D eigenvalue weighted by Crippen LogP contribution is -2.51. The van der Waals surface area contributed by atoms with Crippen molar-refractivity contribution in [1.29, 1.82) is 0 Å². The zero-order chi connectivity index (χ0) is 20.8. The molecule has 1 fully saturated rings. The second-order valence-electron chi connectivity index (χ2n) is 7.20. The molecular formula is C19H38N4O5. The van der Waals surface area contributed by atoms with Gasteiger partial charge in [0.2, 0.25) is 11.8 Å². The molecule has 9 nitrogen and oxygen atoms in total. The summed E-state index contributed by atoms with van der Waals surface area (Å²) >= 11 is 0. The minimum absolute atomic E-state index is 0.0987. The summed E-state index contributed by atoms with van der Waals surface area (Å²) in [5.41, 5.74) is 0. The molecule has 164 valence electrons. The van der Waals surface area contributed by atoms with E-state index < -0.39 is 0 Å². The van der Waals surface area contributed by atoms with Gasteiger partial charge >= 0.3 is 0 Å². The molecule has 1 aliphatic rings. The van der Waals surface area contributed by atoms with Crippen LogP contribution in [0, 0.1) is 0 Å². The topological polar surface area (TPSA) is 85.8 Å². The summed E-state index contributed by atoms with van der Waals surface area (Å²) in [5, 5.41) is 8.90. The first-order chi connectivity index (χ1) is 13.5. The molecular weight excluding hydrogens is 364 g/mol. The van der Waals surface area contributed by atoms with E-state index in [9.17, 15) is 9.59 Å². The highest BCUT2D eigenvalue weighted by molar-refractivity contribution is 5.78. The molecule has 28 heavy (non-hydrogen) atoms. The number of likely N-dealkylation sites (N-methyl/N-ethyl adjacent to an activating group) is 2.